The molecule has 108 valence electrons. The summed E-state index contributed by atoms with van der Waals surface area (Å²) in [6.07, 6.45) is 6.09. The monoisotopic (exact) mass is 275 g/mol. The van der Waals surface area contributed by atoms with E-state index in [1.807, 2.05) is 53.6 Å². The zero-order valence-electron chi connectivity index (χ0n) is 12.2. The predicted octanol–water partition coefficient (Wildman–Crippen LogP) is 2.48. The number of hydrogen-bond donors (Lipinski definition) is 0. The maximum Gasteiger partial charge on any atom is 0.245 e. The highest BCUT2D eigenvalue weighted by Crippen LogP contribution is 2.07. The van der Waals surface area contributed by atoms with E-state index in [0.29, 0.717) is 19.3 Å². The minimum absolute atomic E-state index is 0.567. The van der Waals surface area contributed by atoms with Crippen molar-refractivity contribution in [3.63, 3.8) is 0 Å². The molecule has 0 saturated carbocycles. The molecule has 2 rings (SSSR count). The van der Waals surface area contributed by atoms with Crippen LogP contribution >= 0.6 is 0 Å². The lowest BCUT2D eigenvalue weighted by Gasteiger charge is -2.04. The Hall–Kier alpha value is -1.81. The number of imidazole rings is 1. The molecule has 1 heterocycles. The van der Waals surface area contributed by atoms with Gasteiger partial charge < -0.3 is 9.47 Å². The van der Waals surface area contributed by atoms with Gasteiger partial charge in [0.15, 0.2) is 6.73 Å². The molecular formula is C16H23N2O2+. The minimum atomic E-state index is 0.567. The molecule has 0 fully saturated rings. The Morgan fingerprint density at radius 2 is 2.00 bits per heavy atom. The quantitative estimate of drug-likeness (QED) is 0.692. The summed E-state index contributed by atoms with van der Waals surface area (Å²) in [5.74, 6) is 1.48. The fourth-order valence-electron chi connectivity index (χ4n) is 1.83. The van der Waals surface area contributed by atoms with Crippen LogP contribution in [-0.4, -0.2) is 17.8 Å². The van der Waals surface area contributed by atoms with Crippen LogP contribution in [0.2, 0.25) is 0 Å². The van der Waals surface area contributed by atoms with E-state index in [0.717, 1.165) is 18.9 Å². The molecule has 4 heteroatoms. The summed E-state index contributed by atoms with van der Waals surface area (Å²) in [5, 5.41) is 0. The van der Waals surface area contributed by atoms with Crippen molar-refractivity contribution < 1.29 is 14.0 Å². The van der Waals surface area contributed by atoms with Crippen molar-refractivity contribution in [1.29, 1.82) is 0 Å². The molecule has 0 spiro atoms. The van der Waals surface area contributed by atoms with Gasteiger partial charge in [-0.05, 0) is 18.1 Å². The number of rotatable bonds is 8. The maximum atomic E-state index is 5.67. The van der Waals surface area contributed by atoms with E-state index in [1.165, 1.54) is 0 Å². The van der Waals surface area contributed by atoms with Gasteiger partial charge in [0.2, 0.25) is 6.33 Å². The first-order chi connectivity index (χ1) is 9.74. The lowest BCUT2D eigenvalue weighted by atomic mass is 10.2. The molecule has 0 saturated heterocycles. The van der Waals surface area contributed by atoms with Gasteiger partial charge in [-0.25, -0.2) is 9.13 Å². The van der Waals surface area contributed by atoms with Crippen LogP contribution in [0.4, 0.5) is 0 Å². The molecule has 2 aromatic rings. The average molecular weight is 275 g/mol. The van der Waals surface area contributed by atoms with Gasteiger partial charge in [-0.1, -0.05) is 32.0 Å². The van der Waals surface area contributed by atoms with Crippen molar-refractivity contribution >= 4 is 0 Å². The molecule has 0 radical (unpaired) electrons. The molecule has 20 heavy (non-hydrogen) atoms. The molecule has 0 amide bonds. The molecule has 1 aromatic carbocycles. The van der Waals surface area contributed by atoms with E-state index in [1.54, 1.807) is 0 Å². The van der Waals surface area contributed by atoms with Crippen molar-refractivity contribution in [3.05, 3.63) is 49.1 Å². The fourth-order valence-corrected chi connectivity index (χ4v) is 1.83. The van der Waals surface area contributed by atoms with Crippen molar-refractivity contribution in [2.75, 3.05) is 13.2 Å². The second-order valence-electron chi connectivity index (χ2n) is 5.22. The summed E-state index contributed by atoms with van der Waals surface area (Å²) in [4.78, 5) is 0. The number of ether oxygens (including phenoxy) is 2. The largest absolute Gasteiger partial charge is 0.489 e. The van der Waals surface area contributed by atoms with Crippen LogP contribution in [0.5, 0.6) is 5.75 Å². The Kier molecular flexibility index (Phi) is 5.62. The van der Waals surface area contributed by atoms with Crippen molar-refractivity contribution in [3.8, 4) is 5.75 Å². The standard InChI is InChI=1S/C16H23N2O2/c1-15(2)12-19-14-18-9-8-17(13-18)10-11-20-16-6-4-3-5-7-16/h3-9,13,15H,10-12,14H2,1-2H3/q+1. The summed E-state index contributed by atoms with van der Waals surface area (Å²) < 4.78 is 15.4. The highest BCUT2D eigenvalue weighted by atomic mass is 16.5. The van der Waals surface area contributed by atoms with Crippen LogP contribution in [0.3, 0.4) is 0 Å². The maximum absolute atomic E-state index is 5.67. The third-order valence-corrected chi connectivity index (χ3v) is 2.80. The van der Waals surface area contributed by atoms with E-state index < -0.39 is 0 Å². The summed E-state index contributed by atoms with van der Waals surface area (Å²) in [7, 11) is 0. The topological polar surface area (TPSA) is 27.3 Å². The van der Waals surface area contributed by atoms with Gasteiger partial charge in [0.05, 0.1) is 6.61 Å². The first kappa shape index (κ1) is 14.6. The number of nitrogens with zero attached hydrogens (tertiary/aromatic N) is 2. The van der Waals surface area contributed by atoms with Crippen molar-refractivity contribution in [2.45, 2.75) is 27.1 Å². The molecule has 0 atom stereocenters. The number of benzene rings is 1. The highest BCUT2D eigenvalue weighted by molar-refractivity contribution is 5.20. The van der Waals surface area contributed by atoms with Crippen molar-refractivity contribution in [1.82, 2.24) is 4.57 Å². The molecule has 0 aliphatic carbocycles. The van der Waals surface area contributed by atoms with Crippen LogP contribution in [0, 0.1) is 5.92 Å². The van der Waals surface area contributed by atoms with Crippen molar-refractivity contribution in [2.24, 2.45) is 5.92 Å². The predicted molar refractivity (Wildman–Crippen MR) is 77.4 cm³/mol. The molecule has 4 nitrogen and oxygen atoms in total. The second kappa shape index (κ2) is 7.70. The number of hydrogen-bond acceptors (Lipinski definition) is 2. The second-order valence-corrected chi connectivity index (χ2v) is 5.22. The summed E-state index contributed by atoms with van der Waals surface area (Å²) in [5.41, 5.74) is 0. The Morgan fingerprint density at radius 1 is 1.20 bits per heavy atom. The van der Waals surface area contributed by atoms with E-state index in [4.69, 9.17) is 9.47 Å². The summed E-state index contributed by atoms with van der Waals surface area (Å²) in [6.45, 7) is 7.17. The van der Waals surface area contributed by atoms with Gasteiger partial charge in [0.25, 0.3) is 0 Å². The Morgan fingerprint density at radius 3 is 2.75 bits per heavy atom. The third-order valence-electron chi connectivity index (χ3n) is 2.80. The molecule has 0 unspecified atom stereocenters. The van der Waals surface area contributed by atoms with Gasteiger partial charge in [0, 0.05) is 0 Å². The SMILES string of the molecule is CC(C)COC[n+]1ccn(CCOc2ccccc2)c1. The van der Waals surface area contributed by atoms with Gasteiger partial charge in [-0.15, -0.1) is 0 Å². The first-order valence-electron chi connectivity index (χ1n) is 7.04. The van der Waals surface area contributed by atoms with E-state index in [2.05, 4.69) is 18.4 Å². The van der Waals surface area contributed by atoms with E-state index in [-0.39, 0.29) is 0 Å². The van der Waals surface area contributed by atoms with Crippen LogP contribution in [0.1, 0.15) is 13.8 Å². The van der Waals surface area contributed by atoms with Crippen LogP contribution in [-0.2, 0) is 18.0 Å². The molecule has 0 aliphatic rings. The first-order valence-corrected chi connectivity index (χ1v) is 7.04. The Bertz CT molecular complexity index is 494. The van der Waals surface area contributed by atoms with Crippen LogP contribution in [0.15, 0.2) is 49.1 Å². The van der Waals surface area contributed by atoms with Crippen LogP contribution < -0.4 is 9.30 Å². The van der Waals surface area contributed by atoms with Gasteiger partial charge in [-0.2, -0.15) is 0 Å². The fraction of sp³-hybridized carbons (Fsp3) is 0.438. The van der Waals surface area contributed by atoms with Gasteiger partial charge in [0.1, 0.15) is 31.3 Å². The molecule has 0 N–H and O–H groups in total. The number of para-hydroxylation sites is 1. The van der Waals surface area contributed by atoms with Crippen LogP contribution in [0.25, 0.3) is 0 Å². The lowest BCUT2D eigenvalue weighted by Crippen LogP contribution is -2.33. The minimum Gasteiger partial charge on any atom is -0.489 e. The molecule has 0 aliphatic heterocycles. The molecule has 0 bridgehead atoms. The summed E-state index contributed by atoms with van der Waals surface area (Å²) >= 11 is 0. The van der Waals surface area contributed by atoms with E-state index >= 15 is 0 Å². The lowest BCUT2D eigenvalue weighted by molar-refractivity contribution is -0.732. The normalized spacial score (nSPS) is 10.9. The number of aromatic nitrogens is 2. The highest BCUT2D eigenvalue weighted by Gasteiger charge is 2.04. The molecule has 1 aromatic heterocycles. The zero-order chi connectivity index (χ0) is 14.2. The zero-order valence-corrected chi connectivity index (χ0v) is 12.2. The van der Waals surface area contributed by atoms with E-state index in [9.17, 15) is 0 Å². The van der Waals surface area contributed by atoms with Gasteiger partial charge in [-0.3, -0.25) is 0 Å². The molecular weight excluding hydrogens is 252 g/mol. The third kappa shape index (κ3) is 5.05. The summed E-state index contributed by atoms with van der Waals surface area (Å²) in [6, 6.07) is 9.88. The average Bonchev–Trinajstić information content (AvgIpc) is 2.87. The van der Waals surface area contributed by atoms with Gasteiger partial charge >= 0.3 is 0 Å². The smallest absolute Gasteiger partial charge is 0.245 e. The Labute approximate surface area is 120 Å². The Balaban J connectivity index is 1.70.